The van der Waals surface area contributed by atoms with Crippen LogP contribution in [-0.2, 0) is 22.4 Å². The molecular weight excluding hydrogens is 274 g/mol. The number of nitrogens with one attached hydrogen (secondary N) is 1. The number of nitrogens with zero attached hydrogens (tertiary/aromatic N) is 2. The molecule has 2 aromatic heterocycles. The van der Waals surface area contributed by atoms with Crippen molar-refractivity contribution in [1.82, 2.24) is 15.2 Å². The molecule has 0 saturated heterocycles. The van der Waals surface area contributed by atoms with Crippen molar-refractivity contribution in [3.05, 3.63) is 33.5 Å². The molecule has 0 fully saturated rings. The lowest BCUT2D eigenvalue weighted by Gasteiger charge is -2.20. The van der Waals surface area contributed by atoms with Crippen LogP contribution in [0.3, 0.4) is 0 Å². The fourth-order valence-corrected chi connectivity index (χ4v) is 3.38. The summed E-state index contributed by atoms with van der Waals surface area (Å²) < 4.78 is 5.43. The maximum absolute atomic E-state index is 12.2. The van der Waals surface area contributed by atoms with E-state index >= 15 is 0 Å². The molecule has 0 aromatic carbocycles. The van der Waals surface area contributed by atoms with Gasteiger partial charge in [0.2, 0.25) is 0 Å². The number of fused-ring (bicyclic) bond motifs is 1. The monoisotopic (exact) mass is 291 g/mol. The highest BCUT2D eigenvalue weighted by atomic mass is 32.1. The van der Waals surface area contributed by atoms with E-state index in [-0.39, 0.29) is 11.9 Å². The molecule has 0 bridgehead atoms. The van der Waals surface area contributed by atoms with Crippen molar-refractivity contribution in [1.29, 1.82) is 0 Å². The minimum atomic E-state index is -0.153. The molecule has 0 amide bonds. The average molecular weight is 291 g/mol. The molecule has 1 atom stereocenters. The van der Waals surface area contributed by atoms with Crippen molar-refractivity contribution >= 4 is 17.3 Å². The van der Waals surface area contributed by atoms with E-state index in [4.69, 9.17) is 4.74 Å². The molecule has 0 spiro atoms. The molecule has 1 aliphatic rings. The lowest BCUT2D eigenvalue weighted by Crippen LogP contribution is -2.21. The van der Waals surface area contributed by atoms with E-state index in [0.717, 1.165) is 42.6 Å². The summed E-state index contributed by atoms with van der Waals surface area (Å²) in [6, 6.07) is 0. The van der Waals surface area contributed by atoms with Crippen LogP contribution < -0.4 is 0 Å². The van der Waals surface area contributed by atoms with Crippen LogP contribution in [0, 0.1) is 6.92 Å². The Labute approximate surface area is 121 Å². The van der Waals surface area contributed by atoms with Gasteiger partial charge in [-0.2, -0.15) is 5.10 Å². The van der Waals surface area contributed by atoms with Gasteiger partial charge >= 0.3 is 5.97 Å². The molecule has 6 heteroatoms. The molecule has 1 N–H and O–H groups in total. The van der Waals surface area contributed by atoms with Crippen LogP contribution in [0.1, 0.15) is 40.6 Å². The fraction of sp³-hybridized carbons (Fsp3) is 0.500. The predicted octanol–water partition coefficient (Wildman–Crippen LogP) is 2.38. The fourth-order valence-electron chi connectivity index (χ4n) is 2.62. The number of esters is 1. The SMILES string of the molecule is Cc1ncsc1CCOC(=O)[C@H]1CCCc2[nH]ncc21. The lowest BCUT2D eigenvalue weighted by molar-refractivity contribution is -0.145. The lowest BCUT2D eigenvalue weighted by atomic mass is 9.87. The van der Waals surface area contributed by atoms with Gasteiger partial charge in [-0.3, -0.25) is 9.89 Å². The van der Waals surface area contributed by atoms with Crippen LogP contribution in [0.5, 0.6) is 0 Å². The molecule has 5 nitrogen and oxygen atoms in total. The van der Waals surface area contributed by atoms with Gasteiger partial charge in [0.05, 0.1) is 29.9 Å². The van der Waals surface area contributed by atoms with Crippen molar-refractivity contribution in [2.45, 2.75) is 38.5 Å². The second-order valence-corrected chi connectivity index (χ2v) is 5.97. The number of thiazole rings is 1. The van der Waals surface area contributed by atoms with E-state index < -0.39 is 0 Å². The molecule has 2 aromatic rings. The molecule has 0 saturated carbocycles. The number of hydrogen-bond acceptors (Lipinski definition) is 5. The van der Waals surface area contributed by atoms with Gasteiger partial charge < -0.3 is 4.74 Å². The van der Waals surface area contributed by atoms with E-state index in [1.54, 1.807) is 17.5 Å². The maximum atomic E-state index is 12.2. The zero-order valence-corrected chi connectivity index (χ0v) is 12.2. The molecule has 2 heterocycles. The summed E-state index contributed by atoms with van der Waals surface area (Å²) in [7, 11) is 0. The number of ether oxygens (including phenoxy) is 1. The van der Waals surface area contributed by atoms with E-state index in [1.165, 1.54) is 4.88 Å². The zero-order chi connectivity index (χ0) is 13.9. The number of aromatic amines is 1. The first-order chi connectivity index (χ1) is 9.75. The van der Waals surface area contributed by atoms with E-state index in [0.29, 0.717) is 6.61 Å². The van der Waals surface area contributed by atoms with Crippen LogP contribution in [0.15, 0.2) is 11.7 Å². The van der Waals surface area contributed by atoms with Crippen molar-refractivity contribution < 1.29 is 9.53 Å². The van der Waals surface area contributed by atoms with Gasteiger partial charge in [0.15, 0.2) is 0 Å². The summed E-state index contributed by atoms with van der Waals surface area (Å²) in [5.74, 6) is -0.283. The van der Waals surface area contributed by atoms with Gasteiger partial charge in [-0.25, -0.2) is 4.98 Å². The number of hydrogen-bond donors (Lipinski definition) is 1. The van der Waals surface area contributed by atoms with Crippen LogP contribution >= 0.6 is 11.3 Å². The normalized spacial score (nSPS) is 17.8. The van der Waals surface area contributed by atoms with Crippen LogP contribution in [0.2, 0.25) is 0 Å². The minimum Gasteiger partial charge on any atom is -0.465 e. The number of carbonyl (C=O) groups excluding carboxylic acids is 1. The Morgan fingerprint density at radius 1 is 1.60 bits per heavy atom. The second kappa shape index (κ2) is 5.75. The van der Waals surface area contributed by atoms with Crippen LogP contribution in [-0.4, -0.2) is 27.8 Å². The van der Waals surface area contributed by atoms with E-state index in [1.807, 2.05) is 12.4 Å². The summed E-state index contributed by atoms with van der Waals surface area (Å²) in [6.45, 7) is 2.40. The number of aryl methyl sites for hydroxylation is 2. The maximum Gasteiger partial charge on any atom is 0.313 e. The van der Waals surface area contributed by atoms with Crippen molar-refractivity contribution in [2.75, 3.05) is 6.61 Å². The van der Waals surface area contributed by atoms with Crippen molar-refractivity contribution in [3.63, 3.8) is 0 Å². The Kier molecular flexibility index (Phi) is 3.82. The van der Waals surface area contributed by atoms with Gasteiger partial charge in [-0.05, 0) is 26.2 Å². The van der Waals surface area contributed by atoms with Gasteiger partial charge in [0.1, 0.15) is 0 Å². The van der Waals surface area contributed by atoms with Crippen LogP contribution in [0.25, 0.3) is 0 Å². The summed E-state index contributed by atoms with van der Waals surface area (Å²) in [6.07, 6.45) is 5.33. The summed E-state index contributed by atoms with van der Waals surface area (Å²) >= 11 is 1.61. The highest BCUT2D eigenvalue weighted by Crippen LogP contribution is 2.31. The molecule has 0 unspecified atom stereocenters. The smallest absolute Gasteiger partial charge is 0.313 e. The second-order valence-electron chi connectivity index (χ2n) is 5.03. The molecular formula is C14H17N3O2S. The molecule has 0 radical (unpaired) electrons. The first-order valence-electron chi connectivity index (χ1n) is 6.83. The van der Waals surface area contributed by atoms with Crippen molar-refractivity contribution in [2.24, 2.45) is 0 Å². The standard InChI is InChI=1S/C14H17N3O2S/c1-9-13(20-8-15-9)5-6-19-14(18)10-3-2-4-12-11(10)7-16-17-12/h7-8,10H,2-6H2,1H3,(H,16,17)/t10-/m0/s1. The Balaban J connectivity index is 1.57. The third kappa shape index (κ3) is 2.60. The third-order valence-electron chi connectivity index (χ3n) is 3.75. The Hall–Kier alpha value is -1.69. The van der Waals surface area contributed by atoms with E-state index in [9.17, 15) is 4.79 Å². The quantitative estimate of drug-likeness (QED) is 0.878. The number of H-pyrrole nitrogens is 1. The predicted molar refractivity (Wildman–Crippen MR) is 75.8 cm³/mol. The first-order valence-corrected chi connectivity index (χ1v) is 7.71. The zero-order valence-electron chi connectivity index (χ0n) is 11.4. The van der Waals surface area contributed by atoms with E-state index in [2.05, 4.69) is 15.2 Å². The van der Waals surface area contributed by atoms with Gasteiger partial charge in [-0.1, -0.05) is 0 Å². The Bertz CT molecular complexity index is 605. The minimum absolute atomic E-state index is 0.130. The average Bonchev–Trinajstić information content (AvgIpc) is 3.07. The van der Waals surface area contributed by atoms with Crippen molar-refractivity contribution in [3.8, 4) is 0 Å². The Morgan fingerprint density at radius 3 is 3.30 bits per heavy atom. The molecule has 3 rings (SSSR count). The first kappa shape index (κ1) is 13.3. The number of carbonyl (C=O) groups is 1. The highest BCUT2D eigenvalue weighted by Gasteiger charge is 2.29. The molecule has 20 heavy (non-hydrogen) atoms. The summed E-state index contributed by atoms with van der Waals surface area (Å²) in [5.41, 5.74) is 4.94. The summed E-state index contributed by atoms with van der Waals surface area (Å²) in [4.78, 5) is 17.6. The highest BCUT2D eigenvalue weighted by molar-refractivity contribution is 7.09. The van der Waals surface area contributed by atoms with Gasteiger partial charge in [-0.15, -0.1) is 11.3 Å². The largest absolute Gasteiger partial charge is 0.465 e. The molecule has 1 aliphatic carbocycles. The number of rotatable bonds is 4. The number of aromatic nitrogens is 3. The van der Waals surface area contributed by atoms with Gasteiger partial charge in [0.25, 0.3) is 0 Å². The summed E-state index contributed by atoms with van der Waals surface area (Å²) in [5, 5.41) is 6.99. The molecule has 0 aliphatic heterocycles. The van der Waals surface area contributed by atoms with Crippen LogP contribution in [0.4, 0.5) is 0 Å². The Morgan fingerprint density at radius 2 is 2.50 bits per heavy atom. The topological polar surface area (TPSA) is 67.9 Å². The van der Waals surface area contributed by atoms with Gasteiger partial charge in [0, 0.05) is 22.6 Å². The molecule has 106 valence electrons. The third-order valence-corrected chi connectivity index (χ3v) is 4.74.